The molecule has 25 heavy (non-hydrogen) atoms. The third-order valence-electron chi connectivity index (χ3n) is 3.55. The Hall–Kier alpha value is -2.04. The average molecular weight is 423 g/mol. The van der Waals surface area contributed by atoms with Gasteiger partial charge in [0, 0.05) is 18.0 Å². The first-order chi connectivity index (χ1) is 12.0. The van der Waals surface area contributed by atoms with E-state index in [1.165, 1.54) is 5.56 Å². The number of likely N-dealkylation sites (N-methyl/N-ethyl adjacent to an activating group) is 1. The SMILES string of the molecule is CCOc1cc(C#N)cc(Br)c1OCC(=O)N(C)Cc1sccc1C. The Kier molecular flexibility index (Phi) is 6.85. The lowest BCUT2D eigenvalue weighted by Crippen LogP contribution is -2.31. The number of ether oxygens (including phenoxy) is 2. The molecule has 0 atom stereocenters. The van der Waals surface area contributed by atoms with Crippen molar-refractivity contribution in [2.75, 3.05) is 20.3 Å². The van der Waals surface area contributed by atoms with E-state index in [1.54, 1.807) is 35.4 Å². The van der Waals surface area contributed by atoms with Gasteiger partial charge in [-0.2, -0.15) is 5.26 Å². The highest BCUT2D eigenvalue weighted by molar-refractivity contribution is 9.10. The molecule has 0 saturated heterocycles. The zero-order chi connectivity index (χ0) is 18.4. The minimum Gasteiger partial charge on any atom is -0.490 e. The van der Waals surface area contributed by atoms with Crippen molar-refractivity contribution in [1.29, 1.82) is 5.26 Å². The summed E-state index contributed by atoms with van der Waals surface area (Å²) in [6, 6.07) is 7.35. The molecule has 0 bridgehead atoms. The Morgan fingerprint density at radius 3 is 2.76 bits per heavy atom. The zero-order valence-corrected chi connectivity index (χ0v) is 16.7. The molecule has 0 unspecified atom stereocenters. The van der Waals surface area contributed by atoms with Gasteiger partial charge in [-0.15, -0.1) is 11.3 Å². The largest absolute Gasteiger partial charge is 0.490 e. The van der Waals surface area contributed by atoms with Crippen molar-refractivity contribution in [1.82, 2.24) is 4.90 Å². The van der Waals surface area contributed by atoms with Crippen molar-refractivity contribution in [3.8, 4) is 17.6 Å². The minimum atomic E-state index is -0.133. The Morgan fingerprint density at radius 2 is 2.16 bits per heavy atom. The highest BCUT2D eigenvalue weighted by atomic mass is 79.9. The van der Waals surface area contributed by atoms with E-state index in [2.05, 4.69) is 22.0 Å². The van der Waals surface area contributed by atoms with Crippen molar-refractivity contribution in [2.45, 2.75) is 20.4 Å². The smallest absolute Gasteiger partial charge is 0.260 e. The third-order valence-corrected chi connectivity index (χ3v) is 5.15. The van der Waals surface area contributed by atoms with E-state index < -0.39 is 0 Å². The maximum Gasteiger partial charge on any atom is 0.260 e. The molecule has 1 heterocycles. The van der Waals surface area contributed by atoms with Crippen LogP contribution >= 0.6 is 27.3 Å². The van der Waals surface area contributed by atoms with Crippen LogP contribution in [0.25, 0.3) is 0 Å². The average Bonchev–Trinajstić information content (AvgIpc) is 2.98. The molecule has 0 fully saturated rings. The molecule has 0 radical (unpaired) electrons. The molecule has 2 aromatic rings. The second-order valence-electron chi connectivity index (χ2n) is 5.40. The number of benzene rings is 1. The third kappa shape index (κ3) is 4.97. The summed E-state index contributed by atoms with van der Waals surface area (Å²) in [6.07, 6.45) is 0. The number of hydrogen-bond donors (Lipinski definition) is 0. The van der Waals surface area contributed by atoms with Crippen LogP contribution in [0.3, 0.4) is 0 Å². The minimum absolute atomic E-state index is 0.106. The predicted octanol–water partition coefficient (Wildman–Crippen LogP) is 4.13. The van der Waals surface area contributed by atoms with Crippen molar-refractivity contribution in [2.24, 2.45) is 0 Å². The molecule has 132 valence electrons. The Bertz CT molecular complexity index is 798. The number of halogens is 1. The summed E-state index contributed by atoms with van der Waals surface area (Å²) in [5, 5.41) is 11.1. The van der Waals surface area contributed by atoms with Crippen LogP contribution in [-0.2, 0) is 11.3 Å². The molecule has 1 amide bonds. The van der Waals surface area contributed by atoms with Crippen LogP contribution in [0.4, 0.5) is 0 Å². The van der Waals surface area contributed by atoms with Gasteiger partial charge in [-0.1, -0.05) is 0 Å². The van der Waals surface area contributed by atoms with Gasteiger partial charge in [-0.3, -0.25) is 4.79 Å². The van der Waals surface area contributed by atoms with Crippen molar-refractivity contribution < 1.29 is 14.3 Å². The van der Waals surface area contributed by atoms with E-state index in [9.17, 15) is 4.79 Å². The lowest BCUT2D eigenvalue weighted by Gasteiger charge is -2.19. The fraction of sp³-hybridized carbons (Fsp3) is 0.333. The zero-order valence-electron chi connectivity index (χ0n) is 14.3. The number of nitrogens with zero attached hydrogens (tertiary/aromatic N) is 2. The van der Waals surface area contributed by atoms with Crippen LogP contribution in [0.1, 0.15) is 22.9 Å². The van der Waals surface area contributed by atoms with Crippen LogP contribution in [-0.4, -0.2) is 31.1 Å². The molecule has 0 spiro atoms. The van der Waals surface area contributed by atoms with Gasteiger partial charge in [0.05, 0.1) is 29.3 Å². The number of aryl methyl sites for hydroxylation is 1. The number of thiophene rings is 1. The molecule has 0 aliphatic rings. The molecule has 7 heteroatoms. The molecule has 1 aromatic carbocycles. The highest BCUT2D eigenvalue weighted by Gasteiger charge is 2.16. The van der Waals surface area contributed by atoms with Crippen LogP contribution < -0.4 is 9.47 Å². The quantitative estimate of drug-likeness (QED) is 0.672. The summed E-state index contributed by atoms with van der Waals surface area (Å²) in [6.45, 7) is 4.76. The Balaban J connectivity index is 2.06. The number of hydrogen-bond acceptors (Lipinski definition) is 5. The van der Waals surface area contributed by atoms with Crippen molar-refractivity contribution in [3.05, 3.63) is 44.1 Å². The van der Waals surface area contributed by atoms with E-state index in [0.717, 1.165) is 4.88 Å². The lowest BCUT2D eigenvalue weighted by molar-refractivity contribution is -0.132. The monoisotopic (exact) mass is 422 g/mol. The van der Waals surface area contributed by atoms with Crippen LogP contribution in [0, 0.1) is 18.3 Å². The first-order valence-corrected chi connectivity index (χ1v) is 9.39. The van der Waals surface area contributed by atoms with Crippen LogP contribution in [0.2, 0.25) is 0 Å². The number of rotatable bonds is 7. The maximum absolute atomic E-state index is 12.4. The molecule has 5 nitrogen and oxygen atoms in total. The fourth-order valence-corrected chi connectivity index (χ4v) is 3.66. The molecular formula is C18H19BrN2O3S. The van der Waals surface area contributed by atoms with Crippen LogP contribution in [0.15, 0.2) is 28.1 Å². The van der Waals surface area contributed by atoms with E-state index >= 15 is 0 Å². The molecule has 0 saturated carbocycles. The number of amides is 1. The lowest BCUT2D eigenvalue weighted by atomic mass is 10.2. The number of carbonyl (C=O) groups excluding carboxylic acids is 1. The van der Waals surface area contributed by atoms with Gasteiger partial charge in [0.15, 0.2) is 18.1 Å². The molecule has 1 aromatic heterocycles. The summed E-state index contributed by atoms with van der Waals surface area (Å²) >= 11 is 5.01. The van der Waals surface area contributed by atoms with Gasteiger partial charge in [0.25, 0.3) is 5.91 Å². The van der Waals surface area contributed by atoms with Gasteiger partial charge >= 0.3 is 0 Å². The second-order valence-corrected chi connectivity index (χ2v) is 7.25. The maximum atomic E-state index is 12.4. The highest BCUT2D eigenvalue weighted by Crippen LogP contribution is 2.36. The van der Waals surface area contributed by atoms with E-state index in [4.69, 9.17) is 14.7 Å². The summed E-state index contributed by atoms with van der Waals surface area (Å²) in [4.78, 5) is 15.1. The normalized spacial score (nSPS) is 10.2. The Labute approximate surface area is 159 Å². The fourth-order valence-electron chi connectivity index (χ4n) is 2.15. The topological polar surface area (TPSA) is 62.6 Å². The summed E-state index contributed by atoms with van der Waals surface area (Å²) in [7, 11) is 1.75. The molecule has 0 aliphatic heterocycles. The second kappa shape index (κ2) is 8.88. The molecular weight excluding hydrogens is 404 g/mol. The van der Waals surface area contributed by atoms with Gasteiger partial charge in [-0.05, 0) is 52.9 Å². The molecule has 0 aliphatic carbocycles. The van der Waals surface area contributed by atoms with Gasteiger partial charge < -0.3 is 14.4 Å². The Morgan fingerprint density at radius 1 is 1.40 bits per heavy atom. The van der Waals surface area contributed by atoms with E-state index in [1.807, 2.05) is 25.3 Å². The standard InChI is InChI=1S/C18H19BrN2O3S/c1-4-23-15-8-13(9-20)7-14(19)18(15)24-11-17(22)21(3)10-16-12(2)5-6-25-16/h5-8H,4,10-11H2,1-3H3. The van der Waals surface area contributed by atoms with Crippen LogP contribution in [0.5, 0.6) is 11.5 Å². The first kappa shape index (κ1) is 19.3. The molecule has 2 rings (SSSR count). The van der Waals surface area contributed by atoms with E-state index in [-0.39, 0.29) is 12.5 Å². The van der Waals surface area contributed by atoms with Crippen molar-refractivity contribution >= 4 is 33.2 Å². The van der Waals surface area contributed by atoms with E-state index in [0.29, 0.717) is 34.7 Å². The number of carbonyl (C=O) groups is 1. The summed E-state index contributed by atoms with van der Waals surface area (Å²) in [5.74, 6) is 0.736. The predicted molar refractivity (Wildman–Crippen MR) is 101 cm³/mol. The molecule has 0 N–H and O–H groups in total. The van der Waals surface area contributed by atoms with Gasteiger partial charge in [0.2, 0.25) is 0 Å². The van der Waals surface area contributed by atoms with Crippen molar-refractivity contribution in [3.63, 3.8) is 0 Å². The number of nitriles is 1. The first-order valence-electron chi connectivity index (χ1n) is 7.72. The van der Waals surface area contributed by atoms with Gasteiger partial charge in [-0.25, -0.2) is 0 Å². The summed E-state index contributed by atoms with van der Waals surface area (Å²) < 4.78 is 11.8. The summed E-state index contributed by atoms with van der Waals surface area (Å²) in [5.41, 5.74) is 1.64. The van der Waals surface area contributed by atoms with Gasteiger partial charge in [0.1, 0.15) is 0 Å².